The Hall–Kier alpha value is -1.36. The molecule has 1 fully saturated rings. The molecule has 4 nitrogen and oxygen atoms in total. The van der Waals surface area contributed by atoms with Crippen LogP contribution in [0.15, 0.2) is 36.9 Å². The number of hydrogen-bond acceptors (Lipinski definition) is 4. The lowest BCUT2D eigenvalue weighted by atomic mass is 10.1. The molecule has 1 aliphatic heterocycles. The maximum absolute atomic E-state index is 5.85. The summed E-state index contributed by atoms with van der Waals surface area (Å²) in [6, 6.07) is 8.07. The molecule has 2 rings (SSSR count). The van der Waals surface area contributed by atoms with E-state index in [1.54, 1.807) is 7.11 Å². The van der Waals surface area contributed by atoms with Crippen LogP contribution in [0.5, 0.6) is 5.75 Å². The summed E-state index contributed by atoms with van der Waals surface area (Å²) in [5.41, 5.74) is 1.19. The van der Waals surface area contributed by atoms with Gasteiger partial charge in [-0.05, 0) is 31.5 Å². The maximum Gasteiger partial charge on any atom is 0.163 e. The van der Waals surface area contributed by atoms with Crippen LogP contribution in [0.4, 0.5) is 0 Å². The third-order valence-electron chi connectivity index (χ3n) is 3.39. The van der Waals surface area contributed by atoms with E-state index in [9.17, 15) is 0 Å². The lowest BCUT2D eigenvalue weighted by molar-refractivity contribution is -0.140. The molecule has 0 saturated carbocycles. The number of methoxy groups -OCH3 is 1. The summed E-state index contributed by atoms with van der Waals surface area (Å²) in [5, 5.41) is 3.44. The highest BCUT2D eigenvalue weighted by Gasteiger charge is 2.36. The lowest BCUT2D eigenvalue weighted by Gasteiger charge is -2.22. The molecule has 0 amide bonds. The molecule has 20 heavy (non-hydrogen) atoms. The highest BCUT2D eigenvalue weighted by Crippen LogP contribution is 2.24. The van der Waals surface area contributed by atoms with Gasteiger partial charge in [-0.2, -0.15) is 0 Å². The molecular weight excluding hydrogens is 254 g/mol. The van der Waals surface area contributed by atoms with E-state index >= 15 is 0 Å². The van der Waals surface area contributed by atoms with Crippen LogP contribution in [0.25, 0.3) is 0 Å². The monoisotopic (exact) mass is 277 g/mol. The molecule has 0 spiro atoms. The fourth-order valence-electron chi connectivity index (χ4n) is 2.24. The lowest BCUT2D eigenvalue weighted by Crippen LogP contribution is -2.40. The van der Waals surface area contributed by atoms with Crippen LogP contribution in [0, 0.1) is 0 Å². The highest BCUT2D eigenvalue weighted by atomic mass is 16.7. The second kappa shape index (κ2) is 6.39. The smallest absolute Gasteiger partial charge is 0.163 e. The molecule has 1 N–H and O–H groups in total. The van der Waals surface area contributed by atoms with Gasteiger partial charge in [-0.15, -0.1) is 6.58 Å². The Balaban J connectivity index is 1.89. The van der Waals surface area contributed by atoms with Crippen molar-refractivity contribution in [2.24, 2.45) is 0 Å². The first kappa shape index (κ1) is 15.0. The standard InChI is InChI=1S/C16H23NO3/c1-5-14(15-11-19-16(2,3)20-15)17-10-12-6-8-13(18-4)9-7-12/h5-9,14-15,17H,1,10-11H2,2-4H3/t14-,15+/m0/s1. The van der Waals surface area contributed by atoms with Gasteiger partial charge in [0.1, 0.15) is 11.9 Å². The minimum Gasteiger partial charge on any atom is -0.497 e. The average Bonchev–Trinajstić information content (AvgIpc) is 2.80. The summed E-state index contributed by atoms with van der Waals surface area (Å²) in [7, 11) is 1.67. The second-order valence-corrected chi connectivity index (χ2v) is 5.36. The zero-order chi connectivity index (χ0) is 14.6. The molecular formula is C16H23NO3. The van der Waals surface area contributed by atoms with Gasteiger partial charge in [0.15, 0.2) is 5.79 Å². The third-order valence-corrected chi connectivity index (χ3v) is 3.39. The van der Waals surface area contributed by atoms with Crippen molar-refractivity contribution in [3.05, 3.63) is 42.5 Å². The van der Waals surface area contributed by atoms with Gasteiger partial charge in [0.2, 0.25) is 0 Å². The van der Waals surface area contributed by atoms with Crippen molar-refractivity contribution in [3.63, 3.8) is 0 Å². The first-order valence-electron chi connectivity index (χ1n) is 6.85. The third kappa shape index (κ3) is 3.82. The average molecular weight is 277 g/mol. The Morgan fingerprint density at radius 2 is 2.15 bits per heavy atom. The minimum atomic E-state index is -0.506. The summed E-state index contributed by atoms with van der Waals surface area (Å²) >= 11 is 0. The highest BCUT2D eigenvalue weighted by molar-refractivity contribution is 5.27. The van der Waals surface area contributed by atoms with Crippen molar-refractivity contribution in [1.29, 1.82) is 0 Å². The summed E-state index contributed by atoms with van der Waals surface area (Å²) in [5.74, 6) is 0.358. The van der Waals surface area contributed by atoms with E-state index in [0.717, 1.165) is 12.3 Å². The van der Waals surface area contributed by atoms with Crippen molar-refractivity contribution in [3.8, 4) is 5.75 Å². The van der Waals surface area contributed by atoms with E-state index in [-0.39, 0.29) is 12.1 Å². The quantitative estimate of drug-likeness (QED) is 0.811. The van der Waals surface area contributed by atoms with E-state index < -0.39 is 5.79 Å². The molecule has 0 aliphatic carbocycles. The van der Waals surface area contributed by atoms with E-state index in [0.29, 0.717) is 6.61 Å². The summed E-state index contributed by atoms with van der Waals surface area (Å²) in [6.07, 6.45) is 1.87. The van der Waals surface area contributed by atoms with Gasteiger partial charge in [-0.25, -0.2) is 0 Å². The molecule has 1 aromatic carbocycles. The van der Waals surface area contributed by atoms with Crippen molar-refractivity contribution in [2.45, 2.75) is 38.3 Å². The van der Waals surface area contributed by atoms with Crippen LogP contribution in [-0.4, -0.2) is 31.6 Å². The van der Waals surface area contributed by atoms with Crippen LogP contribution in [0.3, 0.4) is 0 Å². The van der Waals surface area contributed by atoms with E-state index in [1.807, 2.05) is 44.2 Å². The number of ether oxygens (including phenoxy) is 3. The molecule has 1 heterocycles. The Bertz CT molecular complexity index is 442. The van der Waals surface area contributed by atoms with Crippen molar-refractivity contribution < 1.29 is 14.2 Å². The molecule has 1 aliphatic rings. The maximum atomic E-state index is 5.85. The van der Waals surface area contributed by atoms with Crippen molar-refractivity contribution >= 4 is 0 Å². The molecule has 0 aromatic heterocycles. The van der Waals surface area contributed by atoms with Crippen LogP contribution in [0.1, 0.15) is 19.4 Å². The van der Waals surface area contributed by atoms with Gasteiger partial charge >= 0.3 is 0 Å². The molecule has 1 aromatic rings. The molecule has 0 bridgehead atoms. The predicted molar refractivity (Wildman–Crippen MR) is 78.7 cm³/mol. The van der Waals surface area contributed by atoms with Crippen LogP contribution < -0.4 is 10.1 Å². The van der Waals surface area contributed by atoms with E-state index in [2.05, 4.69) is 11.9 Å². The summed E-state index contributed by atoms with van der Waals surface area (Å²) in [4.78, 5) is 0. The summed E-state index contributed by atoms with van der Waals surface area (Å²) < 4.78 is 16.6. The van der Waals surface area contributed by atoms with E-state index in [4.69, 9.17) is 14.2 Å². The second-order valence-electron chi connectivity index (χ2n) is 5.36. The Kier molecular flexibility index (Phi) is 4.81. The number of rotatable bonds is 6. The number of nitrogens with one attached hydrogen (secondary N) is 1. The normalized spacial score (nSPS) is 22.4. The largest absolute Gasteiger partial charge is 0.497 e. The van der Waals surface area contributed by atoms with Gasteiger partial charge in [0.25, 0.3) is 0 Å². The first-order chi connectivity index (χ1) is 9.54. The zero-order valence-corrected chi connectivity index (χ0v) is 12.4. The van der Waals surface area contributed by atoms with Crippen molar-refractivity contribution in [2.75, 3.05) is 13.7 Å². The Labute approximate surface area is 120 Å². The predicted octanol–water partition coefficient (Wildman–Crippen LogP) is 2.49. The molecule has 0 unspecified atom stereocenters. The molecule has 4 heteroatoms. The zero-order valence-electron chi connectivity index (χ0n) is 12.4. The van der Waals surface area contributed by atoms with Gasteiger partial charge in [0, 0.05) is 6.54 Å². The number of benzene rings is 1. The topological polar surface area (TPSA) is 39.7 Å². The van der Waals surface area contributed by atoms with Gasteiger partial charge in [-0.3, -0.25) is 0 Å². The Morgan fingerprint density at radius 1 is 1.45 bits per heavy atom. The fourth-order valence-corrected chi connectivity index (χ4v) is 2.24. The molecule has 0 radical (unpaired) electrons. The van der Waals surface area contributed by atoms with Crippen LogP contribution in [0.2, 0.25) is 0 Å². The van der Waals surface area contributed by atoms with Crippen molar-refractivity contribution in [1.82, 2.24) is 5.32 Å². The van der Waals surface area contributed by atoms with Gasteiger partial charge in [-0.1, -0.05) is 18.2 Å². The molecule has 2 atom stereocenters. The first-order valence-corrected chi connectivity index (χ1v) is 6.85. The van der Waals surface area contributed by atoms with Gasteiger partial charge in [0.05, 0.1) is 19.8 Å². The Morgan fingerprint density at radius 3 is 2.65 bits per heavy atom. The van der Waals surface area contributed by atoms with Crippen LogP contribution in [-0.2, 0) is 16.0 Å². The SMILES string of the molecule is C=C[C@H](NCc1ccc(OC)cc1)[C@H]1COC(C)(C)O1. The summed E-state index contributed by atoms with van der Waals surface area (Å²) in [6.45, 7) is 9.06. The van der Waals surface area contributed by atoms with E-state index in [1.165, 1.54) is 5.56 Å². The van der Waals surface area contributed by atoms with Gasteiger partial charge < -0.3 is 19.5 Å². The van der Waals surface area contributed by atoms with Crippen LogP contribution >= 0.6 is 0 Å². The number of hydrogen-bond donors (Lipinski definition) is 1. The fraction of sp³-hybridized carbons (Fsp3) is 0.500. The minimum absolute atomic E-state index is 0.000693. The molecule has 1 saturated heterocycles. The molecule has 110 valence electrons.